The highest BCUT2D eigenvalue weighted by Gasteiger charge is 2.41. The molecule has 3 aromatic rings. The molecule has 2 aromatic heterocycles. The van der Waals surface area contributed by atoms with Gasteiger partial charge in [-0.1, -0.05) is 65.3 Å². The third-order valence-corrected chi connectivity index (χ3v) is 18.7. The Hall–Kier alpha value is -0.886. The molecule has 0 bridgehead atoms. The summed E-state index contributed by atoms with van der Waals surface area (Å²) in [6.45, 7) is 25.6. The topological polar surface area (TPSA) is 49.2 Å². The van der Waals surface area contributed by atoms with Crippen molar-refractivity contribution in [2.75, 3.05) is 0 Å². The van der Waals surface area contributed by atoms with E-state index in [0.29, 0.717) is 6.54 Å². The van der Waals surface area contributed by atoms with E-state index in [2.05, 4.69) is 120 Å². The Morgan fingerprint density at radius 1 is 0.946 bits per heavy atom. The number of hydrogen-bond acceptors (Lipinski definition) is 5. The Morgan fingerprint density at radius 2 is 1.51 bits per heavy atom. The van der Waals surface area contributed by atoms with Crippen LogP contribution in [0.5, 0.6) is 11.5 Å². The van der Waals surface area contributed by atoms with Crippen LogP contribution in [0.4, 0.5) is 0 Å². The minimum atomic E-state index is -2.14. The number of hydrogen-bond donors (Lipinski definition) is 0. The van der Waals surface area contributed by atoms with Crippen LogP contribution < -0.4 is 8.85 Å². The molecule has 2 heterocycles. The van der Waals surface area contributed by atoms with E-state index in [1.54, 1.807) is 11.3 Å². The minimum absolute atomic E-state index is 0.0529. The summed E-state index contributed by atoms with van der Waals surface area (Å²) >= 11 is 10.1. The van der Waals surface area contributed by atoms with Gasteiger partial charge in [0.05, 0.1) is 10.9 Å². The van der Waals surface area contributed by atoms with Crippen molar-refractivity contribution in [1.29, 1.82) is 0 Å². The van der Waals surface area contributed by atoms with Crippen molar-refractivity contribution in [3.05, 3.63) is 42.7 Å². The molecule has 0 aliphatic carbocycles. The number of thiophene rings is 1. The molecule has 0 N–H and O–H groups in total. The molecule has 0 amide bonds. The maximum Gasteiger partial charge on any atom is 0.250 e. The van der Waals surface area contributed by atoms with Crippen molar-refractivity contribution in [3.8, 4) is 22.8 Å². The van der Waals surface area contributed by atoms with Gasteiger partial charge in [0.1, 0.15) is 20.9 Å². The van der Waals surface area contributed by atoms with E-state index in [9.17, 15) is 0 Å². The molecular formula is C27H41ClIN3O2SSi2. The Bertz CT molecular complexity index is 1260. The first-order chi connectivity index (χ1) is 16.9. The van der Waals surface area contributed by atoms with Crippen molar-refractivity contribution in [3.63, 3.8) is 0 Å². The van der Waals surface area contributed by atoms with E-state index < -0.39 is 16.6 Å². The smallest absolute Gasteiger partial charge is 0.250 e. The first kappa shape index (κ1) is 30.7. The highest BCUT2D eigenvalue weighted by atomic mass is 127. The molecule has 3 rings (SSSR count). The molecule has 0 fully saturated rings. The highest BCUT2D eigenvalue weighted by Crippen LogP contribution is 2.45. The van der Waals surface area contributed by atoms with E-state index in [1.165, 1.54) is 0 Å². The molecular weight excluding hydrogens is 649 g/mol. The number of aromatic nitrogens is 3. The van der Waals surface area contributed by atoms with E-state index in [-0.39, 0.29) is 10.1 Å². The predicted molar refractivity (Wildman–Crippen MR) is 172 cm³/mol. The maximum absolute atomic E-state index is 6.96. The fourth-order valence-electron chi connectivity index (χ4n) is 3.25. The summed E-state index contributed by atoms with van der Waals surface area (Å²) in [6.07, 6.45) is 0.857. The van der Waals surface area contributed by atoms with Crippen LogP contribution in [0.1, 0.15) is 58.9 Å². The lowest BCUT2D eigenvalue weighted by Crippen LogP contribution is -2.44. The maximum atomic E-state index is 6.96. The van der Waals surface area contributed by atoms with Crippen molar-refractivity contribution in [1.82, 2.24) is 15.0 Å². The van der Waals surface area contributed by atoms with Gasteiger partial charge in [0.15, 0.2) is 0 Å². The summed E-state index contributed by atoms with van der Waals surface area (Å²) in [5.74, 6) is 1.77. The average molecular weight is 690 g/mol. The highest BCUT2D eigenvalue weighted by molar-refractivity contribution is 14.1. The summed E-state index contributed by atoms with van der Waals surface area (Å²) in [5.41, 5.74) is 2.98. The fourth-order valence-corrected chi connectivity index (χ4v) is 7.06. The molecule has 0 unspecified atom stereocenters. The van der Waals surface area contributed by atoms with Crippen LogP contribution in [0.2, 0.25) is 40.6 Å². The molecule has 0 atom stereocenters. The van der Waals surface area contributed by atoms with Gasteiger partial charge in [-0.2, -0.15) is 0 Å². The quantitative estimate of drug-likeness (QED) is 0.175. The molecule has 0 saturated carbocycles. The first-order valence-corrected chi connectivity index (χ1v) is 20.8. The fraction of sp³-hybridized carbons (Fsp3) is 0.556. The lowest BCUT2D eigenvalue weighted by atomic mass is 10.0. The summed E-state index contributed by atoms with van der Waals surface area (Å²) in [6, 6.07) is 8.30. The monoisotopic (exact) mass is 689 g/mol. The molecule has 0 spiro atoms. The van der Waals surface area contributed by atoms with Gasteiger partial charge >= 0.3 is 0 Å². The van der Waals surface area contributed by atoms with E-state index >= 15 is 0 Å². The van der Waals surface area contributed by atoms with Crippen molar-refractivity contribution < 1.29 is 8.85 Å². The Morgan fingerprint density at radius 3 is 2.00 bits per heavy atom. The first-order valence-electron chi connectivity index (χ1n) is 12.7. The van der Waals surface area contributed by atoms with Gasteiger partial charge in [-0.3, -0.25) is 0 Å². The van der Waals surface area contributed by atoms with Crippen molar-refractivity contribution in [2.45, 2.75) is 97.7 Å². The third-order valence-electron chi connectivity index (χ3n) is 7.75. The Balaban J connectivity index is 2.16. The molecule has 0 aliphatic rings. The SMILES string of the molecule is CCc1cc(-c2nnn(Cc3ccc(Cl)s3)c2I)c(O[Si](C)(C)C(C)(C)C)cc1O[Si](C)(C)C(C)(C)C. The molecule has 204 valence electrons. The van der Waals surface area contributed by atoms with E-state index in [1.807, 2.05) is 16.8 Å². The summed E-state index contributed by atoms with van der Waals surface area (Å²) in [4.78, 5) is 1.14. The second-order valence-corrected chi connectivity index (χ2v) is 24.9. The zero-order valence-corrected chi connectivity index (χ0v) is 29.8. The van der Waals surface area contributed by atoms with Gasteiger partial charge < -0.3 is 8.85 Å². The van der Waals surface area contributed by atoms with Gasteiger partial charge in [0.2, 0.25) is 8.32 Å². The van der Waals surface area contributed by atoms with Crippen LogP contribution in [0.25, 0.3) is 11.3 Å². The lowest BCUT2D eigenvalue weighted by Gasteiger charge is -2.39. The van der Waals surface area contributed by atoms with Crippen LogP contribution in [0, 0.1) is 3.70 Å². The van der Waals surface area contributed by atoms with Crippen molar-refractivity contribution >= 4 is 62.2 Å². The van der Waals surface area contributed by atoms with Crippen LogP contribution in [0.3, 0.4) is 0 Å². The number of halogens is 2. The zero-order valence-electron chi connectivity index (χ0n) is 24.0. The van der Waals surface area contributed by atoms with Gasteiger partial charge in [-0.05, 0) is 89.0 Å². The molecule has 1 aromatic carbocycles. The largest absolute Gasteiger partial charge is 0.543 e. The molecule has 10 heteroatoms. The standard InChI is InChI=1S/C27H41ClIN3O2SSi2/c1-12-18-15-20(24-25(29)32(31-30-24)17-19-13-14-23(28)35-19)22(34-37(10,11)27(5,6)7)16-21(18)33-36(8,9)26(2,3)4/h13-16H,12,17H2,1-11H3. The summed E-state index contributed by atoms with van der Waals surface area (Å²) in [7, 11) is -4.18. The predicted octanol–water partition coefficient (Wildman–Crippen LogP) is 9.64. The molecule has 37 heavy (non-hydrogen) atoms. The van der Waals surface area contributed by atoms with Gasteiger partial charge in [-0.15, -0.1) is 16.4 Å². The second-order valence-electron chi connectivity index (χ2n) is 12.6. The van der Waals surface area contributed by atoms with Gasteiger partial charge in [-0.25, -0.2) is 4.68 Å². The number of nitrogens with zero attached hydrogens (tertiary/aromatic N) is 3. The average Bonchev–Trinajstić information content (AvgIpc) is 3.32. The van der Waals surface area contributed by atoms with Crippen molar-refractivity contribution in [2.24, 2.45) is 0 Å². The zero-order chi connectivity index (χ0) is 28.0. The molecule has 5 nitrogen and oxygen atoms in total. The molecule has 0 saturated heterocycles. The normalized spacial score (nSPS) is 13.2. The number of rotatable bonds is 8. The van der Waals surface area contributed by atoms with Crippen LogP contribution in [-0.2, 0) is 13.0 Å². The third kappa shape index (κ3) is 6.82. The van der Waals surface area contributed by atoms with Crippen LogP contribution >= 0.6 is 45.5 Å². The van der Waals surface area contributed by atoms with Gasteiger partial charge in [0.25, 0.3) is 8.32 Å². The number of benzene rings is 1. The van der Waals surface area contributed by atoms with E-state index in [4.69, 9.17) is 20.5 Å². The summed E-state index contributed by atoms with van der Waals surface area (Å²) in [5, 5.41) is 9.30. The molecule has 0 aliphatic heterocycles. The Labute approximate surface area is 247 Å². The minimum Gasteiger partial charge on any atom is -0.543 e. The van der Waals surface area contributed by atoms with E-state index in [0.717, 1.165) is 47.7 Å². The lowest BCUT2D eigenvalue weighted by molar-refractivity contribution is 0.472. The second kappa shape index (κ2) is 10.9. The molecule has 0 radical (unpaired) electrons. The van der Waals surface area contributed by atoms with Crippen LogP contribution in [-0.4, -0.2) is 31.6 Å². The summed E-state index contributed by atoms with van der Waals surface area (Å²) < 4.78 is 17.5. The van der Waals surface area contributed by atoms with Gasteiger partial charge in [0, 0.05) is 16.5 Å². The Kier molecular flexibility index (Phi) is 9.06. The van der Waals surface area contributed by atoms with Crippen LogP contribution in [0.15, 0.2) is 24.3 Å². The number of aryl methyl sites for hydroxylation is 1.